The molecular formula is C7H6NNaO3. The largest absolute Gasteiger partial charge is 1.00 e. The Morgan fingerprint density at radius 1 is 1.42 bits per heavy atom. The predicted octanol–water partition coefficient (Wildman–Crippen LogP) is -2.02. The predicted molar refractivity (Wildman–Crippen MR) is 37.3 cm³/mol. The molecule has 12 heavy (non-hydrogen) atoms. The van der Waals surface area contributed by atoms with Crippen molar-refractivity contribution >= 4 is 5.69 Å². The van der Waals surface area contributed by atoms with Crippen molar-refractivity contribution in [2.24, 2.45) is 0 Å². The van der Waals surface area contributed by atoms with E-state index >= 15 is 0 Å². The maximum atomic E-state index is 10.8. The summed E-state index contributed by atoms with van der Waals surface area (Å²) in [4.78, 5) is 9.51. The molecule has 0 atom stereocenters. The molecule has 1 rings (SSSR count). The molecule has 0 saturated heterocycles. The Morgan fingerprint density at radius 2 is 2.00 bits per heavy atom. The van der Waals surface area contributed by atoms with E-state index in [4.69, 9.17) is 0 Å². The van der Waals surface area contributed by atoms with Gasteiger partial charge in [-0.15, -0.1) is 0 Å². The van der Waals surface area contributed by atoms with E-state index in [0.717, 1.165) is 5.56 Å². The van der Waals surface area contributed by atoms with Crippen LogP contribution >= 0.6 is 0 Å². The summed E-state index contributed by atoms with van der Waals surface area (Å²) in [6.07, 6.45) is 0. The number of rotatable bonds is 1. The number of nitro groups is 1. The van der Waals surface area contributed by atoms with E-state index in [2.05, 4.69) is 0 Å². The number of nitrogens with zero attached hydrogens (tertiary/aromatic N) is 1. The monoisotopic (exact) mass is 175 g/mol. The minimum absolute atomic E-state index is 0. The van der Waals surface area contributed by atoms with Crippen LogP contribution in [-0.4, -0.2) is 4.92 Å². The summed E-state index contributed by atoms with van der Waals surface area (Å²) in [7, 11) is 0. The zero-order valence-electron chi connectivity index (χ0n) is 6.90. The Kier molecular flexibility index (Phi) is 4.23. The summed E-state index contributed by atoms with van der Waals surface area (Å²) >= 11 is 0. The van der Waals surface area contributed by atoms with Gasteiger partial charge in [-0.1, -0.05) is 12.1 Å². The molecule has 1 aromatic rings. The van der Waals surface area contributed by atoms with Gasteiger partial charge in [0.2, 0.25) is 0 Å². The van der Waals surface area contributed by atoms with Crippen molar-refractivity contribution in [3.8, 4) is 5.75 Å². The van der Waals surface area contributed by atoms with Crippen molar-refractivity contribution < 1.29 is 39.6 Å². The van der Waals surface area contributed by atoms with Crippen molar-refractivity contribution in [1.82, 2.24) is 0 Å². The van der Waals surface area contributed by atoms with Crippen LogP contribution in [0.4, 0.5) is 5.69 Å². The summed E-state index contributed by atoms with van der Waals surface area (Å²) in [5.74, 6) is -0.541. The van der Waals surface area contributed by atoms with E-state index in [1.54, 1.807) is 13.0 Å². The molecule has 0 aliphatic heterocycles. The average Bonchev–Trinajstić information content (AvgIpc) is 1.94. The van der Waals surface area contributed by atoms with E-state index in [1.807, 2.05) is 0 Å². The molecule has 5 heteroatoms. The van der Waals surface area contributed by atoms with Crippen LogP contribution in [0.5, 0.6) is 5.75 Å². The Balaban J connectivity index is 0.00000121. The molecule has 4 nitrogen and oxygen atoms in total. The van der Waals surface area contributed by atoms with E-state index in [0.29, 0.717) is 0 Å². The quantitative estimate of drug-likeness (QED) is 0.281. The van der Waals surface area contributed by atoms with E-state index in [-0.39, 0.29) is 35.2 Å². The van der Waals surface area contributed by atoms with Crippen LogP contribution in [0.15, 0.2) is 18.2 Å². The fourth-order valence-corrected chi connectivity index (χ4v) is 0.770. The molecule has 0 aliphatic carbocycles. The molecule has 0 amide bonds. The van der Waals surface area contributed by atoms with Gasteiger partial charge >= 0.3 is 29.6 Å². The van der Waals surface area contributed by atoms with E-state index in [9.17, 15) is 15.2 Å². The first-order chi connectivity index (χ1) is 5.11. The molecule has 0 N–H and O–H groups in total. The zero-order valence-corrected chi connectivity index (χ0v) is 8.90. The van der Waals surface area contributed by atoms with Crippen LogP contribution < -0.4 is 34.7 Å². The van der Waals surface area contributed by atoms with Gasteiger partial charge in [0, 0.05) is 6.07 Å². The Hall–Kier alpha value is -0.580. The third-order valence-electron chi connectivity index (χ3n) is 1.31. The molecule has 0 bridgehead atoms. The summed E-state index contributed by atoms with van der Waals surface area (Å²) < 4.78 is 0. The molecule has 0 radical (unpaired) electrons. The number of hydrogen-bond donors (Lipinski definition) is 0. The number of nitro benzene ring substituents is 1. The van der Waals surface area contributed by atoms with E-state index in [1.165, 1.54) is 12.1 Å². The maximum absolute atomic E-state index is 10.8. The summed E-state index contributed by atoms with van der Waals surface area (Å²) in [5.41, 5.74) is 0.362. The maximum Gasteiger partial charge on any atom is 1.00 e. The van der Waals surface area contributed by atoms with Crippen LogP contribution in [0.1, 0.15) is 5.56 Å². The molecule has 0 spiro atoms. The van der Waals surface area contributed by atoms with Crippen molar-refractivity contribution in [2.75, 3.05) is 0 Å². The molecule has 0 heterocycles. The zero-order chi connectivity index (χ0) is 8.43. The standard InChI is InChI=1S/C7H7NO3.Na/c1-5-2-3-7(9)6(4-5)8(10)11;/h2-4,9H,1H3;/q;+1/p-1. The first-order valence-electron chi connectivity index (χ1n) is 3.03. The minimum atomic E-state index is -0.671. The molecule has 0 saturated carbocycles. The first kappa shape index (κ1) is 11.4. The molecule has 1 aromatic carbocycles. The molecule has 0 aromatic heterocycles. The Bertz CT molecular complexity index is 301. The average molecular weight is 175 g/mol. The smallest absolute Gasteiger partial charge is 0.868 e. The summed E-state index contributed by atoms with van der Waals surface area (Å²) in [6.45, 7) is 1.70. The van der Waals surface area contributed by atoms with Crippen molar-refractivity contribution in [3.05, 3.63) is 33.9 Å². The third kappa shape index (κ3) is 2.48. The van der Waals surface area contributed by atoms with Crippen LogP contribution in [0.25, 0.3) is 0 Å². The van der Waals surface area contributed by atoms with Crippen molar-refractivity contribution in [3.63, 3.8) is 0 Å². The van der Waals surface area contributed by atoms with Crippen molar-refractivity contribution in [1.29, 1.82) is 0 Å². The fraction of sp³-hybridized carbons (Fsp3) is 0.143. The third-order valence-corrected chi connectivity index (χ3v) is 1.31. The van der Waals surface area contributed by atoms with Crippen LogP contribution in [-0.2, 0) is 0 Å². The van der Waals surface area contributed by atoms with E-state index < -0.39 is 10.7 Å². The summed E-state index contributed by atoms with van der Waals surface area (Å²) in [6, 6.07) is 4.02. The molecular weight excluding hydrogens is 169 g/mol. The number of aryl methyl sites for hydroxylation is 1. The van der Waals surface area contributed by atoms with Crippen LogP contribution in [0.2, 0.25) is 0 Å². The SMILES string of the molecule is Cc1ccc([O-])c([N+](=O)[O-])c1.[Na+]. The number of hydrogen-bond acceptors (Lipinski definition) is 3. The van der Waals surface area contributed by atoms with Gasteiger partial charge in [-0.2, -0.15) is 0 Å². The van der Waals surface area contributed by atoms with Gasteiger partial charge < -0.3 is 5.11 Å². The minimum Gasteiger partial charge on any atom is -0.868 e. The van der Waals surface area contributed by atoms with Gasteiger partial charge in [0.05, 0.1) is 4.92 Å². The van der Waals surface area contributed by atoms with Gasteiger partial charge in [-0.3, -0.25) is 10.1 Å². The van der Waals surface area contributed by atoms with Crippen LogP contribution in [0.3, 0.4) is 0 Å². The second kappa shape index (κ2) is 4.45. The van der Waals surface area contributed by atoms with Gasteiger partial charge in [0.15, 0.2) is 0 Å². The Morgan fingerprint density at radius 3 is 2.42 bits per heavy atom. The second-order valence-electron chi connectivity index (χ2n) is 2.23. The Labute approximate surface area is 91.7 Å². The van der Waals surface area contributed by atoms with Gasteiger partial charge in [-0.05, 0) is 18.2 Å². The summed E-state index contributed by atoms with van der Waals surface area (Å²) in [5, 5.41) is 21.0. The van der Waals surface area contributed by atoms with Gasteiger partial charge in [-0.25, -0.2) is 0 Å². The van der Waals surface area contributed by atoms with Gasteiger partial charge in [0.1, 0.15) is 0 Å². The first-order valence-corrected chi connectivity index (χ1v) is 3.03. The molecule has 0 fully saturated rings. The molecule has 0 unspecified atom stereocenters. The molecule has 0 aliphatic rings. The normalized spacial score (nSPS) is 8.75. The van der Waals surface area contributed by atoms with Crippen molar-refractivity contribution in [2.45, 2.75) is 6.92 Å². The number of benzene rings is 1. The molecule has 58 valence electrons. The van der Waals surface area contributed by atoms with Crippen LogP contribution in [0, 0.1) is 17.0 Å². The fourth-order valence-electron chi connectivity index (χ4n) is 0.770. The second-order valence-corrected chi connectivity index (χ2v) is 2.23. The van der Waals surface area contributed by atoms with Gasteiger partial charge in [0.25, 0.3) is 5.69 Å². The topological polar surface area (TPSA) is 66.2 Å².